The predicted octanol–water partition coefficient (Wildman–Crippen LogP) is 0.900. The summed E-state index contributed by atoms with van der Waals surface area (Å²) in [5.41, 5.74) is 0.601. The lowest BCUT2D eigenvalue weighted by atomic mass is 10.2. The molecule has 2 aromatic carbocycles. The van der Waals surface area contributed by atoms with E-state index in [9.17, 15) is 21.6 Å². The van der Waals surface area contributed by atoms with E-state index in [0.29, 0.717) is 5.69 Å². The van der Waals surface area contributed by atoms with Crippen LogP contribution in [0.25, 0.3) is 0 Å². The molecule has 0 heterocycles. The van der Waals surface area contributed by atoms with Gasteiger partial charge in [0.1, 0.15) is 0 Å². The van der Waals surface area contributed by atoms with E-state index in [2.05, 4.69) is 10.0 Å². The minimum absolute atomic E-state index is 0.0181. The van der Waals surface area contributed by atoms with E-state index in [-0.39, 0.29) is 22.0 Å². The Hall–Kier alpha value is -2.31. The second kappa shape index (κ2) is 8.80. The maximum atomic E-state index is 12.3. The minimum atomic E-state index is -3.81. The Morgan fingerprint density at radius 1 is 1.00 bits per heavy atom. The van der Waals surface area contributed by atoms with E-state index < -0.39 is 32.0 Å². The van der Waals surface area contributed by atoms with Gasteiger partial charge in [-0.15, -0.1) is 0 Å². The number of nitrogens with one attached hydrogen (secondary N) is 2. The fourth-order valence-corrected chi connectivity index (χ4v) is 4.08. The molecule has 0 unspecified atom stereocenters. The molecule has 0 aliphatic carbocycles. The third-order valence-corrected chi connectivity index (χ3v) is 6.18. The molecule has 0 spiro atoms. The van der Waals surface area contributed by atoms with Crippen LogP contribution in [0.1, 0.15) is 17.3 Å². The number of hydrogen-bond donors (Lipinski definition) is 3. The zero-order valence-electron chi connectivity index (χ0n) is 15.2. The third kappa shape index (κ3) is 5.84. The van der Waals surface area contributed by atoms with E-state index in [4.69, 9.17) is 9.88 Å². The van der Waals surface area contributed by atoms with Crippen LogP contribution >= 0.6 is 0 Å². The van der Waals surface area contributed by atoms with Crippen molar-refractivity contribution < 1.29 is 26.4 Å². The molecule has 0 aliphatic heterocycles. The summed E-state index contributed by atoms with van der Waals surface area (Å²) < 4.78 is 54.4. The zero-order valence-corrected chi connectivity index (χ0v) is 16.9. The summed E-state index contributed by atoms with van der Waals surface area (Å²) in [7, 11) is -6.07. The molecule has 0 radical (unpaired) electrons. The van der Waals surface area contributed by atoms with Crippen molar-refractivity contribution in [2.24, 2.45) is 5.14 Å². The summed E-state index contributed by atoms with van der Waals surface area (Å²) in [6, 6.07) is 10.3. The predicted molar refractivity (Wildman–Crippen MR) is 104 cm³/mol. The number of carbonyl (C=O) groups is 1. The van der Waals surface area contributed by atoms with Crippen LogP contribution in [0.4, 0.5) is 5.69 Å². The molecule has 9 nitrogen and oxygen atoms in total. The topological polar surface area (TPSA) is 145 Å². The molecule has 1 amide bonds. The first-order valence-electron chi connectivity index (χ1n) is 8.08. The summed E-state index contributed by atoms with van der Waals surface area (Å²) in [6.45, 7) is 1.90. The summed E-state index contributed by atoms with van der Waals surface area (Å²) in [6.07, 6.45) is 0. The van der Waals surface area contributed by atoms with Gasteiger partial charge < -0.3 is 10.1 Å². The molecule has 0 bridgehead atoms. The van der Waals surface area contributed by atoms with E-state index in [1.807, 2.05) is 0 Å². The van der Waals surface area contributed by atoms with Gasteiger partial charge in [0.2, 0.25) is 20.0 Å². The van der Waals surface area contributed by atoms with Gasteiger partial charge in [0.15, 0.2) is 0 Å². The number of ether oxygens (including phenoxy) is 1. The third-order valence-electron chi connectivity index (χ3n) is 3.64. The van der Waals surface area contributed by atoms with Crippen LogP contribution in [0, 0.1) is 0 Å². The quantitative estimate of drug-likeness (QED) is 0.571. The fourth-order valence-electron chi connectivity index (χ4n) is 2.33. The monoisotopic (exact) mass is 427 g/mol. The van der Waals surface area contributed by atoms with Crippen LogP contribution in [0.5, 0.6) is 0 Å². The Kier molecular flexibility index (Phi) is 6.91. The van der Waals surface area contributed by atoms with Gasteiger partial charge in [-0.3, -0.25) is 4.79 Å². The largest absolute Gasteiger partial charge is 0.383 e. The Bertz CT molecular complexity index is 1030. The van der Waals surface area contributed by atoms with Gasteiger partial charge in [-0.2, -0.15) is 0 Å². The molecule has 0 fully saturated rings. The molecule has 0 aromatic heterocycles. The van der Waals surface area contributed by atoms with E-state index in [1.54, 1.807) is 6.92 Å². The van der Waals surface area contributed by atoms with E-state index >= 15 is 0 Å². The van der Waals surface area contributed by atoms with Gasteiger partial charge >= 0.3 is 0 Å². The van der Waals surface area contributed by atoms with Gasteiger partial charge in [-0.05, 0) is 55.5 Å². The highest BCUT2D eigenvalue weighted by molar-refractivity contribution is 7.89. The van der Waals surface area contributed by atoms with Crippen molar-refractivity contribution in [2.75, 3.05) is 19.0 Å². The SMILES string of the molecule is COC[C@H](C)NS(=O)(=O)c1ccc(C(=O)Nc2ccc(S(N)(=O)=O)cc2)cc1. The molecule has 0 aliphatic rings. The van der Waals surface area contributed by atoms with Crippen molar-refractivity contribution >= 4 is 31.6 Å². The molecular formula is C17H21N3O6S2. The summed E-state index contributed by atoms with van der Waals surface area (Å²) >= 11 is 0. The number of anilines is 1. The Balaban J connectivity index is 2.09. The molecule has 11 heteroatoms. The van der Waals surface area contributed by atoms with Crippen molar-refractivity contribution in [3.8, 4) is 0 Å². The van der Waals surface area contributed by atoms with Gasteiger partial charge in [-0.1, -0.05) is 0 Å². The molecule has 152 valence electrons. The van der Waals surface area contributed by atoms with Crippen molar-refractivity contribution in [3.63, 3.8) is 0 Å². The highest BCUT2D eigenvalue weighted by Gasteiger charge is 2.18. The average Bonchev–Trinajstić information content (AvgIpc) is 2.61. The van der Waals surface area contributed by atoms with Crippen molar-refractivity contribution in [1.82, 2.24) is 4.72 Å². The molecule has 0 saturated carbocycles. The highest BCUT2D eigenvalue weighted by Crippen LogP contribution is 2.15. The molecule has 2 aromatic rings. The van der Waals surface area contributed by atoms with Crippen LogP contribution < -0.4 is 15.2 Å². The Labute approximate surface area is 164 Å². The normalized spacial score (nSPS) is 13.1. The molecule has 28 heavy (non-hydrogen) atoms. The lowest BCUT2D eigenvalue weighted by Gasteiger charge is -2.13. The second-order valence-corrected chi connectivity index (χ2v) is 9.30. The second-order valence-electron chi connectivity index (χ2n) is 6.03. The number of methoxy groups -OCH3 is 1. The van der Waals surface area contributed by atoms with Crippen molar-refractivity contribution in [1.29, 1.82) is 0 Å². The maximum absolute atomic E-state index is 12.3. The molecule has 2 rings (SSSR count). The summed E-state index contributed by atoms with van der Waals surface area (Å²) in [5.74, 6) is -0.479. The van der Waals surface area contributed by atoms with Crippen LogP contribution in [-0.4, -0.2) is 42.5 Å². The molecule has 1 atom stereocenters. The Morgan fingerprint density at radius 2 is 1.54 bits per heavy atom. The van der Waals surface area contributed by atoms with E-state index in [0.717, 1.165) is 0 Å². The first kappa shape index (κ1) is 22.0. The molecular weight excluding hydrogens is 406 g/mol. The number of primary sulfonamides is 1. The minimum Gasteiger partial charge on any atom is -0.383 e. The highest BCUT2D eigenvalue weighted by atomic mass is 32.2. The van der Waals surface area contributed by atoms with Crippen LogP contribution in [0.3, 0.4) is 0 Å². The standard InChI is InChI=1S/C17H21N3O6S2/c1-12(11-26-2)20-28(24,25)16-7-3-13(4-8-16)17(21)19-14-5-9-15(10-6-14)27(18,22)23/h3-10,12,20H,11H2,1-2H3,(H,19,21)(H2,18,22,23)/t12-/m0/s1. The first-order chi connectivity index (χ1) is 13.0. The van der Waals surface area contributed by atoms with E-state index in [1.165, 1.54) is 55.6 Å². The lowest BCUT2D eigenvalue weighted by Crippen LogP contribution is -2.35. The van der Waals surface area contributed by atoms with Gasteiger partial charge in [0.05, 0.1) is 16.4 Å². The smallest absolute Gasteiger partial charge is 0.255 e. The zero-order chi connectivity index (χ0) is 20.9. The molecule has 0 saturated heterocycles. The van der Waals surface area contributed by atoms with Gasteiger partial charge in [-0.25, -0.2) is 26.7 Å². The lowest BCUT2D eigenvalue weighted by molar-refractivity contribution is 0.102. The number of benzene rings is 2. The maximum Gasteiger partial charge on any atom is 0.255 e. The summed E-state index contributed by atoms with van der Waals surface area (Å²) in [4.78, 5) is 12.2. The fraction of sp³-hybridized carbons (Fsp3) is 0.235. The number of sulfonamides is 2. The number of carbonyl (C=O) groups excluding carboxylic acids is 1. The Morgan fingerprint density at radius 3 is 2.04 bits per heavy atom. The van der Waals surface area contributed by atoms with Gasteiger partial charge in [0, 0.05) is 24.4 Å². The number of rotatable bonds is 8. The average molecular weight is 428 g/mol. The summed E-state index contributed by atoms with van der Waals surface area (Å²) in [5, 5.41) is 7.61. The number of nitrogens with two attached hydrogens (primary N) is 1. The first-order valence-corrected chi connectivity index (χ1v) is 11.1. The number of hydrogen-bond acceptors (Lipinski definition) is 6. The van der Waals surface area contributed by atoms with Crippen LogP contribution in [0.2, 0.25) is 0 Å². The van der Waals surface area contributed by atoms with Crippen molar-refractivity contribution in [3.05, 3.63) is 54.1 Å². The molecule has 4 N–H and O–H groups in total. The van der Waals surface area contributed by atoms with Crippen molar-refractivity contribution in [2.45, 2.75) is 22.8 Å². The van der Waals surface area contributed by atoms with Gasteiger partial charge in [0.25, 0.3) is 5.91 Å². The van der Waals surface area contributed by atoms with Crippen LogP contribution in [-0.2, 0) is 24.8 Å². The van der Waals surface area contributed by atoms with Crippen LogP contribution in [0.15, 0.2) is 58.3 Å². The number of amides is 1.